The van der Waals surface area contributed by atoms with Crippen molar-refractivity contribution in [2.45, 2.75) is 5.03 Å². The number of rotatable bonds is 9. The lowest BCUT2D eigenvalue weighted by molar-refractivity contribution is -0.113. The molecule has 1 amide bonds. The molecule has 0 aliphatic rings. The van der Waals surface area contributed by atoms with E-state index in [1.165, 1.54) is 18.9 Å². The first-order valence-corrected chi connectivity index (χ1v) is 13.6. The fourth-order valence-corrected chi connectivity index (χ4v) is 5.29. The van der Waals surface area contributed by atoms with E-state index in [0.29, 0.717) is 50.3 Å². The molecule has 3 aromatic carbocycles. The summed E-state index contributed by atoms with van der Waals surface area (Å²) in [5.74, 6) is 1.19. The zero-order chi connectivity index (χ0) is 28.8. The van der Waals surface area contributed by atoms with Gasteiger partial charge in [0.15, 0.2) is 11.5 Å². The number of nitriles is 1. The maximum Gasteiger partial charge on any atom is 0.234 e. The first kappa shape index (κ1) is 27.5. The molecule has 0 spiro atoms. The number of hydrogen-bond acceptors (Lipinski definition) is 8. The Labute approximate surface area is 241 Å². The topological polar surface area (TPSA) is 106 Å². The normalized spacial score (nSPS) is 10.6. The maximum absolute atomic E-state index is 13.1. The molecule has 5 rings (SSSR count). The fraction of sp³-hybridized carbons (Fsp3) is 0.125. The average molecular weight is 563 g/mol. The Hall–Kier alpha value is -5.07. The summed E-state index contributed by atoms with van der Waals surface area (Å²) in [6.45, 7) is 0. The molecular formula is C32H26N4O4S. The third-order valence-electron chi connectivity index (χ3n) is 6.40. The molecule has 8 nitrogen and oxygen atoms in total. The van der Waals surface area contributed by atoms with Crippen LogP contribution in [0.2, 0.25) is 0 Å². The molecule has 41 heavy (non-hydrogen) atoms. The Morgan fingerprint density at radius 3 is 2.34 bits per heavy atom. The van der Waals surface area contributed by atoms with E-state index in [4.69, 9.17) is 19.2 Å². The molecule has 2 heterocycles. The number of anilines is 1. The summed E-state index contributed by atoms with van der Waals surface area (Å²) in [5.41, 5.74) is 4.65. The van der Waals surface area contributed by atoms with Gasteiger partial charge in [0, 0.05) is 22.7 Å². The smallest absolute Gasteiger partial charge is 0.234 e. The van der Waals surface area contributed by atoms with Crippen LogP contribution in [0.1, 0.15) is 5.56 Å². The number of amides is 1. The third-order valence-corrected chi connectivity index (χ3v) is 7.38. The summed E-state index contributed by atoms with van der Waals surface area (Å²) in [7, 11) is 4.62. The molecule has 2 aromatic heterocycles. The molecular weight excluding hydrogens is 536 g/mol. The lowest BCUT2D eigenvalue weighted by Crippen LogP contribution is -2.14. The highest BCUT2D eigenvalue weighted by Gasteiger charge is 2.21. The molecule has 0 radical (unpaired) electrons. The zero-order valence-corrected chi connectivity index (χ0v) is 23.5. The quantitative estimate of drug-likeness (QED) is 0.201. The summed E-state index contributed by atoms with van der Waals surface area (Å²) in [4.78, 5) is 22.2. The van der Waals surface area contributed by atoms with Gasteiger partial charge in [0.05, 0.1) is 49.5 Å². The summed E-state index contributed by atoms with van der Waals surface area (Å²) >= 11 is 1.20. The molecule has 5 aromatic rings. The number of thioether (sulfide) groups is 1. The standard InChI is InChI=1S/C32H26N4O4S/c1-38-28-15-21(16-29(39-2)31(28)40-3)23-17-27(20-9-5-4-6-10-20)36-32(24(23)18-33)41-19-30(37)35-26-13-7-12-25-22(26)11-8-14-34-25/h4-17H,19H2,1-3H3,(H,35,37). The van der Waals surface area contributed by atoms with E-state index in [2.05, 4.69) is 16.4 Å². The van der Waals surface area contributed by atoms with Crippen molar-refractivity contribution in [2.75, 3.05) is 32.4 Å². The van der Waals surface area contributed by atoms with E-state index in [-0.39, 0.29) is 11.7 Å². The second kappa shape index (κ2) is 12.4. The van der Waals surface area contributed by atoms with Crippen molar-refractivity contribution < 1.29 is 19.0 Å². The molecule has 0 bridgehead atoms. The van der Waals surface area contributed by atoms with Gasteiger partial charge < -0.3 is 19.5 Å². The molecule has 0 atom stereocenters. The number of nitrogens with one attached hydrogen (secondary N) is 1. The van der Waals surface area contributed by atoms with Gasteiger partial charge in [-0.05, 0) is 48.0 Å². The molecule has 9 heteroatoms. The van der Waals surface area contributed by atoms with Crippen molar-refractivity contribution in [3.05, 3.63) is 90.6 Å². The summed E-state index contributed by atoms with van der Waals surface area (Å²) in [6, 6.07) is 26.7. The van der Waals surface area contributed by atoms with Crippen molar-refractivity contribution in [1.82, 2.24) is 9.97 Å². The van der Waals surface area contributed by atoms with Crippen LogP contribution < -0.4 is 19.5 Å². The minimum Gasteiger partial charge on any atom is -0.493 e. The van der Waals surface area contributed by atoms with E-state index >= 15 is 0 Å². The molecule has 0 aliphatic heterocycles. The van der Waals surface area contributed by atoms with Gasteiger partial charge in [0.25, 0.3) is 0 Å². The number of hydrogen-bond donors (Lipinski definition) is 1. The highest BCUT2D eigenvalue weighted by atomic mass is 32.2. The second-order valence-electron chi connectivity index (χ2n) is 8.84. The number of nitrogens with zero attached hydrogens (tertiary/aromatic N) is 3. The van der Waals surface area contributed by atoms with Crippen LogP contribution in [0.25, 0.3) is 33.3 Å². The van der Waals surface area contributed by atoms with Crippen molar-refractivity contribution in [3.8, 4) is 45.7 Å². The summed E-state index contributed by atoms with van der Waals surface area (Å²) in [6.07, 6.45) is 1.71. The highest BCUT2D eigenvalue weighted by Crippen LogP contribution is 2.43. The van der Waals surface area contributed by atoms with Gasteiger partial charge in [0.2, 0.25) is 11.7 Å². The van der Waals surface area contributed by atoms with Gasteiger partial charge in [-0.25, -0.2) is 4.98 Å². The van der Waals surface area contributed by atoms with Crippen molar-refractivity contribution in [3.63, 3.8) is 0 Å². The predicted octanol–water partition coefficient (Wildman–Crippen LogP) is 6.59. The number of benzene rings is 3. The van der Waals surface area contributed by atoms with Crippen molar-refractivity contribution in [1.29, 1.82) is 5.26 Å². The maximum atomic E-state index is 13.1. The number of ether oxygens (including phenoxy) is 3. The average Bonchev–Trinajstić information content (AvgIpc) is 3.03. The molecule has 204 valence electrons. The van der Waals surface area contributed by atoms with Crippen LogP contribution in [0.3, 0.4) is 0 Å². The van der Waals surface area contributed by atoms with Crippen molar-refractivity contribution in [2.24, 2.45) is 0 Å². The van der Waals surface area contributed by atoms with Crippen LogP contribution in [0, 0.1) is 11.3 Å². The second-order valence-corrected chi connectivity index (χ2v) is 9.80. The van der Waals surface area contributed by atoms with E-state index in [1.807, 2.05) is 66.7 Å². The summed E-state index contributed by atoms with van der Waals surface area (Å²) < 4.78 is 16.6. The summed E-state index contributed by atoms with van der Waals surface area (Å²) in [5, 5.41) is 14.6. The minimum atomic E-state index is -0.225. The first-order valence-electron chi connectivity index (χ1n) is 12.6. The number of methoxy groups -OCH3 is 3. The van der Waals surface area contributed by atoms with E-state index in [1.54, 1.807) is 32.5 Å². The fourth-order valence-electron chi connectivity index (χ4n) is 4.49. The SMILES string of the molecule is COc1cc(-c2cc(-c3ccccc3)nc(SCC(=O)Nc3cccc4ncccc34)c2C#N)cc(OC)c1OC. The molecule has 0 aliphatic carbocycles. The monoisotopic (exact) mass is 562 g/mol. The number of carbonyl (C=O) groups excluding carboxylic acids is 1. The molecule has 1 N–H and O–H groups in total. The molecule has 0 saturated carbocycles. The van der Waals surface area contributed by atoms with Crippen LogP contribution in [0.15, 0.2) is 90.1 Å². The van der Waals surface area contributed by atoms with Crippen LogP contribution in [0.4, 0.5) is 5.69 Å². The minimum absolute atomic E-state index is 0.0469. The molecule has 0 saturated heterocycles. The number of pyridine rings is 2. The zero-order valence-electron chi connectivity index (χ0n) is 22.7. The Morgan fingerprint density at radius 1 is 0.902 bits per heavy atom. The number of fused-ring (bicyclic) bond motifs is 1. The lowest BCUT2D eigenvalue weighted by atomic mass is 9.98. The Bertz CT molecular complexity index is 1740. The van der Waals surface area contributed by atoms with E-state index in [9.17, 15) is 10.1 Å². The Kier molecular flexibility index (Phi) is 8.32. The Balaban J connectivity index is 1.54. The van der Waals surface area contributed by atoms with E-state index < -0.39 is 0 Å². The van der Waals surface area contributed by atoms with E-state index in [0.717, 1.165) is 16.5 Å². The number of aromatic nitrogens is 2. The molecule has 0 fully saturated rings. The van der Waals surface area contributed by atoms with Crippen LogP contribution >= 0.6 is 11.8 Å². The first-order chi connectivity index (χ1) is 20.1. The van der Waals surface area contributed by atoms with Crippen LogP contribution in [-0.4, -0.2) is 43.0 Å². The lowest BCUT2D eigenvalue weighted by Gasteiger charge is -2.16. The predicted molar refractivity (Wildman–Crippen MR) is 161 cm³/mol. The van der Waals surface area contributed by atoms with Crippen LogP contribution in [0.5, 0.6) is 17.2 Å². The highest BCUT2D eigenvalue weighted by molar-refractivity contribution is 8.00. The van der Waals surface area contributed by atoms with Crippen LogP contribution in [-0.2, 0) is 4.79 Å². The Morgan fingerprint density at radius 2 is 1.66 bits per heavy atom. The van der Waals surface area contributed by atoms with Gasteiger partial charge in [-0.3, -0.25) is 9.78 Å². The largest absolute Gasteiger partial charge is 0.493 e. The van der Waals surface area contributed by atoms with Crippen molar-refractivity contribution >= 4 is 34.3 Å². The number of carbonyl (C=O) groups is 1. The van der Waals surface area contributed by atoms with Gasteiger partial charge in [-0.2, -0.15) is 5.26 Å². The van der Waals surface area contributed by atoms with Gasteiger partial charge in [-0.15, -0.1) is 0 Å². The van der Waals surface area contributed by atoms with Gasteiger partial charge in [-0.1, -0.05) is 48.2 Å². The van der Waals surface area contributed by atoms with Gasteiger partial charge >= 0.3 is 0 Å². The third kappa shape index (κ3) is 5.78. The molecule has 0 unspecified atom stereocenters. The van der Waals surface area contributed by atoms with Gasteiger partial charge in [0.1, 0.15) is 11.1 Å².